The Balaban J connectivity index is 1.58. The molecule has 7 nitrogen and oxygen atoms in total. The van der Waals surface area contributed by atoms with Crippen LogP contribution in [0.3, 0.4) is 0 Å². The molecule has 3 heterocycles. The van der Waals surface area contributed by atoms with Gasteiger partial charge in [0.25, 0.3) is 0 Å². The number of aromatic nitrogens is 2. The van der Waals surface area contributed by atoms with E-state index in [1.807, 2.05) is 22.2 Å². The van der Waals surface area contributed by atoms with E-state index in [-0.39, 0.29) is 17.7 Å². The molecule has 0 bridgehead atoms. The number of likely N-dealkylation sites (tertiary alicyclic amines) is 2. The largest absolute Gasteiger partial charge is 0.369 e. The van der Waals surface area contributed by atoms with Crippen LogP contribution < -0.4 is 5.73 Å². The lowest BCUT2D eigenvalue weighted by Crippen LogP contribution is -2.47. The number of carbonyl (C=O) groups excluding carboxylic acids is 2. The highest BCUT2D eigenvalue weighted by Crippen LogP contribution is 2.29. The summed E-state index contributed by atoms with van der Waals surface area (Å²) >= 11 is 0. The molecule has 0 aromatic carbocycles. The lowest BCUT2D eigenvalue weighted by molar-refractivity contribution is -0.138. The van der Waals surface area contributed by atoms with Gasteiger partial charge in [-0.15, -0.1) is 0 Å². The van der Waals surface area contributed by atoms with E-state index < -0.39 is 0 Å². The molecule has 1 aromatic heterocycles. The molecule has 0 aliphatic carbocycles. The Bertz CT molecular complexity index is 634. The Kier molecular flexibility index (Phi) is 5.96. The van der Waals surface area contributed by atoms with Crippen LogP contribution in [0.15, 0.2) is 12.4 Å². The van der Waals surface area contributed by atoms with Gasteiger partial charge in [-0.05, 0) is 52.6 Å². The average molecular weight is 361 g/mol. The Labute approximate surface area is 155 Å². The molecule has 3 rings (SSSR count). The average Bonchev–Trinajstić information content (AvgIpc) is 3.11. The smallest absolute Gasteiger partial charge is 0.231 e. The lowest BCUT2D eigenvalue weighted by Gasteiger charge is -2.37. The minimum Gasteiger partial charge on any atom is -0.369 e. The number of rotatable bonds is 5. The lowest BCUT2D eigenvalue weighted by atomic mass is 9.91. The van der Waals surface area contributed by atoms with E-state index in [1.165, 1.54) is 0 Å². The Morgan fingerprint density at radius 3 is 2.62 bits per heavy atom. The van der Waals surface area contributed by atoms with Gasteiger partial charge in [0.2, 0.25) is 11.8 Å². The van der Waals surface area contributed by atoms with Crippen molar-refractivity contribution in [2.24, 2.45) is 11.7 Å². The van der Waals surface area contributed by atoms with Gasteiger partial charge in [0.05, 0.1) is 6.54 Å². The van der Waals surface area contributed by atoms with Crippen LogP contribution in [-0.4, -0.2) is 63.9 Å². The highest BCUT2D eigenvalue weighted by atomic mass is 16.2. The minimum atomic E-state index is -0.297. The van der Waals surface area contributed by atoms with E-state index in [1.54, 1.807) is 0 Å². The summed E-state index contributed by atoms with van der Waals surface area (Å²) < 4.78 is 2.22. The Morgan fingerprint density at radius 2 is 1.96 bits per heavy atom. The summed E-state index contributed by atoms with van der Waals surface area (Å²) in [6, 6.07) is 0.383. The van der Waals surface area contributed by atoms with Crippen molar-refractivity contribution in [3.8, 4) is 0 Å². The number of amides is 2. The highest BCUT2D eigenvalue weighted by Gasteiger charge is 2.33. The van der Waals surface area contributed by atoms with E-state index in [4.69, 9.17) is 5.73 Å². The normalized spacial score (nSPS) is 22.7. The van der Waals surface area contributed by atoms with Crippen LogP contribution in [0.2, 0.25) is 0 Å². The first kappa shape index (κ1) is 18.9. The maximum Gasteiger partial charge on any atom is 0.231 e. The molecular formula is C19H31N5O2. The zero-order valence-corrected chi connectivity index (χ0v) is 15.9. The third-order valence-corrected chi connectivity index (χ3v) is 5.67. The number of nitrogens with two attached hydrogens (primary N) is 1. The van der Waals surface area contributed by atoms with E-state index in [0.717, 1.165) is 57.7 Å². The molecule has 2 aliphatic rings. The Morgan fingerprint density at radius 1 is 1.23 bits per heavy atom. The molecule has 2 N–H and O–H groups in total. The van der Waals surface area contributed by atoms with Gasteiger partial charge in [0.1, 0.15) is 5.82 Å². The maximum atomic E-state index is 13.0. The van der Waals surface area contributed by atoms with Crippen LogP contribution in [0.25, 0.3) is 0 Å². The fourth-order valence-electron chi connectivity index (χ4n) is 4.28. The minimum absolute atomic E-state index is 0.0720. The van der Waals surface area contributed by atoms with Gasteiger partial charge in [0, 0.05) is 43.4 Å². The second-order valence-corrected chi connectivity index (χ2v) is 7.93. The van der Waals surface area contributed by atoms with Gasteiger partial charge in [-0.3, -0.25) is 14.5 Å². The first-order valence-corrected chi connectivity index (χ1v) is 9.78. The molecule has 0 radical (unpaired) electrons. The molecular weight excluding hydrogens is 330 g/mol. The molecule has 2 amide bonds. The summed E-state index contributed by atoms with van der Waals surface area (Å²) in [7, 11) is 0. The van der Waals surface area contributed by atoms with E-state index >= 15 is 0 Å². The number of carbonyl (C=O) groups is 2. The van der Waals surface area contributed by atoms with E-state index in [0.29, 0.717) is 18.5 Å². The SMILES string of the molecule is CC(C)n1ccnc1[C@@H]1CCCN(C(=O)C2CCN(CC(N)=O)CC2)C1. The third-order valence-electron chi connectivity index (χ3n) is 5.67. The molecule has 0 spiro atoms. The summed E-state index contributed by atoms with van der Waals surface area (Å²) in [5, 5.41) is 0. The molecule has 2 fully saturated rings. The first-order valence-electron chi connectivity index (χ1n) is 9.78. The molecule has 1 atom stereocenters. The highest BCUT2D eigenvalue weighted by molar-refractivity contribution is 5.79. The molecule has 144 valence electrons. The van der Waals surface area contributed by atoms with Gasteiger partial charge in [0.15, 0.2) is 0 Å². The fraction of sp³-hybridized carbons (Fsp3) is 0.737. The number of piperidine rings is 2. The summed E-state index contributed by atoms with van der Waals surface area (Å²) in [6.07, 6.45) is 7.65. The molecule has 0 saturated carbocycles. The number of hydrogen-bond donors (Lipinski definition) is 1. The molecule has 1 aromatic rings. The zero-order valence-electron chi connectivity index (χ0n) is 15.9. The summed E-state index contributed by atoms with van der Waals surface area (Å²) in [6.45, 7) is 7.78. The van der Waals surface area contributed by atoms with Crippen LogP contribution in [0, 0.1) is 5.92 Å². The molecule has 26 heavy (non-hydrogen) atoms. The summed E-state index contributed by atoms with van der Waals surface area (Å²) in [5.41, 5.74) is 5.27. The van der Waals surface area contributed by atoms with Crippen molar-refractivity contribution in [2.45, 2.75) is 51.5 Å². The number of imidazole rings is 1. The predicted molar refractivity (Wildman–Crippen MR) is 99.5 cm³/mol. The van der Waals surface area contributed by atoms with E-state index in [9.17, 15) is 9.59 Å². The Hall–Kier alpha value is -1.89. The standard InChI is InChI=1S/C19H31N5O2/c1-14(2)24-11-7-21-18(24)16-4-3-8-23(12-16)19(26)15-5-9-22(10-6-15)13-17(20)25/h7,11,14-16H,3-6,8-10,12-13H2,1-2H3,(H2,20,25)/t16-/m1/s1. The van der Waals surface area contributed by atoms with Crippen molar-refractivity contribution < 1.29 is 9.59 Å². The second kappa shape index (κ2) is 8.20. The molecule has 2 saturated heterocycles. The maximum absolute atomic E-state index is 13.0. The molecule has 0 unspecified atom stereocenters. The van der Waals surface area contributed by atoms with Crippen LogP contribution in [0.4, 0.5) is 0 Å². The quantitative estimate of drug-likeness (QED) is 0.858. The second-order valence-electron chi connectivity index (χ2n) is 7.93. The van der Waals surface area contributed by atoms with Crippen molar-refractivity contribution in [1.29, 1.82) is 0 Å². The van der Waals surface area contributed by atoms with Crippen molar-refractivity contribution in [2.75, 3.05) is 32.7 Å². The van der Waals surface area contributed by atoms with Gasteiger partial charge in [-0.25, -0.2) is 4.98 Å². The number of hydrogen-bond acceptors (Lipinski definition) is 4. The fourth-order valence-corrected chi connectivity index (χ4v) is 4.28. The number of nitrogens with zero attached hydrogens (tertiary/aromatic N) is 4. The third kappa shape index (κ3) is 4.26. The zero-order chi connectivity index (χ0) is 18.7. The van der Waals surface area contributed by atoms with E-state index in [2.05, 4.69) is 23.4 Å². The van der Waals surface area contributed by atoms with Gasteiger partial charge in [-0.2, -0.15) is 0 Å². The van der Waals surface area contributed by atoms with Crippen LogP contribution in [0.1, 0.15) is 57.3 Å². The van der Waals surface area contributed by atoms with Crippen molar-refractivity contribution >= 4 is 11.8 Å². The van der Waals surface area contributed by atoms with Gasteiger partial charge in [-0.1, -0.05) is 0 Å². The van der Waals surface area contributed by atoms with Gasteiger partial charge < -0.3 is 15.2 Å². The van der Waals surface area contributed by atoms with Crippen LogP contribution in [0.5, 0.6) is 0 Å². The molecule has 2 aliphatic heterocycles. The molecule has 7 heteroatoms. The predicted octanol–water partition coefficient (Wildman–Crippen LogP) is 1.37. The summed E-state index contributed by atoms with van der Waals surface area (Å²) in [5.74, 6) is 1.47. The monoisotopic (exact) mass is 361 g/mol. The number of primary amides is 1. The van der Waals surface area contributed by atoms with Crippen molar-refractivity contribution in [3.63, 3.8) is 0 Å². The van der Waals surface area contributed by atoms with Crippen LogP contribution >= 0.6 is 0 Å². The topological polar surface area (TPSA) is 84.5 Å². The first-order chi connectivity index (χ1) is 12.5. The van der Waals surface area contributed by atoms with Crippen molar-refractivity contribution in [3.05, 3.63) is 18.2 Å². The van der Waals surface area contributed by atoms with Gasteiger partial charge >= 0.3 is 0 Å². The van der Waals surface area contributed by atoms with Crippen molar-refractivity contribution in [1.82, 2.24) is 19.4 Å². The summed E-state index contributed by atoms with van der Waals surface area (Å²) in [4.78, 5) is 32.7. The van der Waals surface area contributed by atoms with Crippen LogP contribution in [-0.2, 0) is 9.59 Å².